The normalized spacial score (nSPS) is 9.95. The van der Waals surface area contributed by atoms with Crippen molar-refractivity contribution in [2.75, 3.05) is 32.8 Å². The highest BCUT2D eigenvalue weighted by molar-refractivity contribution is 5.83. The van der Waals surface area contributed by atoms with Crippen molar-refractivity contribution >= 4 is 11.9 Å². The Morgan fingerprint density at radius 1 is 1.05 bits per heavy atom. The molecule has 6 nitrogen and oxygen atoms in total. The van der Waals surface area contributed by atoms with Gasteiger partial charge in [-0.1, -0.05) is 30.3 Å². The smallest absolute Gasteiger partial charge is 0.315 e. The third kappa shape index (κ3) is 8.65. The van der Waals surface area contributed by atoms with E-state index in [4.69, 9.17) is 4.74 Å². The number of carbonyl (C=O) groups excluding carboxylic acids is 2. The van der Waals surface area contributed by atoms with Gasteiger partial charge >= 0.3 is 6.03 Å². The van der Waals surface area contributed by atoms with Gasteiger partial charge < -0.3 is 20.7 Å². The summed E-state index contributed by atoms with van der Waals surface area (Å²) < 4.78 is 5.08. The first-order valence-corrected chi connectivity index (χ1v) is 7.12. The lowest BCUT2D eigenvalue weighted by atomic mass is 10.1. The predicted molar refractivity (Wildman–Crippen MR) is 81.1 cm³/mol. The van der Waals surface area contributed by atoms with Crippen molar-refractivity contribution in [3.63, 3.8) is 0 Å². The highest BCUT2D eigenvalue weighted by atomic mass is 16.5. The first-order chi connectivity index (χ1) is 10.2. The Bertz CT molecular complexity index is 423. The van der Waals surface area contributed by atoms with Crippen molar-refractivity contribution in [2.24, 2.45) is 0 Å². The lowest BCUT2D eigenvalue weighted by Gasteiger charge is -2.08. The summed E-state index contributed by atoms with van der Waals surface area (Å²) in [6, 6.07) is 9.53. The van der Waals surface area contributed by atoms with Crippen molar-refractivity contribution in [3.8, 4) is 0 Å². The highest BCUT2D eigenvalue weighted by Crippen LogP contribution is 1.97. The number of nitrogens with one attached hydrogen (secondary N) is 3. The first kappa shape index (κ1) is 17.0. The zero-order valence-corrected chi connectivity index (χ0v) is 12.4. The van der Waals surface area contributed by atoms with Crippen molar-refractivity contribution < 1.29 is 14.3 Å². The monoisotopic (exact) mass is 293 g/mol. The van der Waals surface area contributed by atoms with Crippen LogP contribution in [0.5, 0.6) is 0 Å². The molecule has 0 aliphatic carbocycles. The summed E-state index contributed by atoms with van der Waals surface area (Å²) in [6.45, 7) is 3.92. The van der Waals surface area contributed by atoms with Crippen molar-refractivity contribution in [3.05, 3.63) is 35.9 Å². The van der Waals surface area contributed by atoms with E-state index in [1.165, 1.54) is 5.56 Å². The molecule has 3 N–H and O–H groups in total. The second-order valence-electron chi connectivity index (χ2n) is 4.39. The van der Waals surface area contributed by atoms with E-state index >= 15 is 0 Å². The van der Waals surface area contributed by atoms with Crippen LogP contribution >= 0.6 is 0 Å². The molecule has 0 bridgehead atoms. The lowest BCUT2D eigenvalue weighted by molar-refractivity contribution is -0.120. The minimum Gasteiger partial charge on any atom is -0.380 e. The van der Waals surface area contributed by atoms with Crippen LogP contribution in [0.1, 0.15) is 12.5 Å². The number of hydrogen-bond acceptors (Lipinski definition) is 3. The zero-order valence-electron chi connectivity index (χ0n) is 12.4. The topological polar surface area (TPSA) is 79.5 Å². The number of ether oxygens (including phenoxy) is 1. The van der Waals surface area contributed by atoms with Gasteiger partial charge in [0.25, 0.3) is 0 Å². The number of carbonyl (C=O) groups is 2. The summed E-state index contributed by atoms with van der Waals surface area (Å²) in [4.78, 5) is 22.9. The summed E-state index contributed by atoms with van der Waals surface area (Å²) in [5.74, 6) is -0.203. The lowest BCUT2D eigenvalue weighted by Crippen LogP contribution is -2.43. The van der Waals surface area contributed by atoms with E-state index in [9.17, 15) is 9.59 Å². The molecule has 0 saturated heterocycles. The molecule has 0 atom stereocenters. The van der Waals surface area contributed by atoms with Crippen LogP contribution in [0.25, 0.3) is 0 Å². The van der Waals surface area contributed by atoms with E-state index < -0.39 is 0 Å². The molecule has 21 heavy (non-hydrogen) atoms. The largest absolute Gasteiger partial charge is 0.380 e. The Kier molecular flexibility index (Phi) is 8.63. The fourth-order valence-electron chi connectivity index (χ4n) is 1.66. The van der Waals surface area contributed by atoms with Gasteiger partial charge in [-0.3, -0.25) is 4.79 Å². The molecule has 0 spiro atoms. The Labute approximate surface area is 125 Å². The van der Waals surface area contributed by atoms with E-state index in [1.54, 1.807) is 0 Å². The molecule has 0 saturated carbocycles. The van der Waals surface area contributed by atoms with Gasteiger partial charge in [-0.25, -0.2) is 4.79 Å². The van der Waals surface area contributed by atoms with Crippen LogP contribution in [0, 0.1) is 0 Å². The van der Waals surface area contributed by atoms with E-state index in [0.717, 1.165) is 6.42 Å². The molecule has 0 aliphatic rings. The van der Waals surface area contributed by atoms with E-state index in [-0.39, 0.29) is 18.5 Å². The molecular formula is C15H23N3O3. The van der Waals surface area contributed by atoms with Crippen LogP contribution in [-0.2, 0) is 16.0 Å². The Hall–Kier alpha value is -2.08. The van der Waals surface area contributed by atoms with Crippen LogP contribution in [-0.4, -0.2) is 44.8 Å². The fraction of sp³-hybridized carbons (Fsp3) is 0.467. The fourth-order valence-corrected chi connectivity index (χ4v) is 1.66. The summed E-state index contributed by atoms with van der Waals surface area (Å²) in [6.07, 6.45) is 0.771. The summed E-state index contributed by atoms with van der Waals surface area (Å²) in [5, 5.41) is 7.85. The molecule has 1 aromatic carbocycles. The van der Waals surface area contributed by atoms with Gasteiger partial charge in [0.1, 0.15) is 0 Å². The Balaban J connectivity index is 2.04. The van der Waals surface area contributed by atoms with E-state index in [1.807, 2.05) is 37.3 Å². The third-order valence-corrected chi connectivity index (χ3v) is 2.72. The number of amides is 3. The summed E-state index contributed by atoms with van der Waals surface area (Å²) >= 11 is 0. The van der Waals surface area contributed by atoms with Crippen LogP contribution in [0.4, 0.5) is 4.79 Å². The van der Waals surface area contributed by atoms with Crippen LogP contribution < -0.4 is 16.0 Å². The van der Waals surface area contributed by atoms with E-state index in [0.29, 0.717) is 26.3 Å². The van der Waals surface area contributed by atoms with Crippen molar-refractivity contribution in [1.29, 1.82) is 0 Å². The van der Waals surface area contributed by atoms with Gasteiger partial charge in [0.2, 0.25) is 5.91 Å². The van der Waals surface area contributed by atoms with Gasteiger partial charge in [0, 0.05) is 19.7 Å². The minimum absolute atomic E-state index is 0.0325. The molecular weight excluding hydrogens is 270 g/mol. The van der Waals surface area contributed by atoms with Crippen molar-refractivity contribution in [1.82, 2.24) is 16.0 Å². The predicted octanol–water partition coefficient (Wildman–Crippen LogP) is 0.681. The van der Waals surface area contributed by atoms with E-state index in [2.05, 4.69) is 16.0 Å². The third-order valence-electron chi connectivity index (χ3n) is 2.72. The second-order valence-corrected chi connectivity index (χ2v) is 4.39. The Morgan fingerprint density at radius 2 is 1.81 bits per heavy atom. The minimum atomic E-state index is -0.368. The molecule has 116 valence electrons. The molecule has 0 heterocycles. The average molecular weight is 293 g/mol. The maximum absolute atomic E-state index is 11.5. The van der Waals surface area contributed by atoms with Gasteiger partial charge in [0.05, 0.1) is 13.2 Å². The number of hydrogen-bond donors (Lipinski definition) is 3. The van der Waals surface area contributed by atoms with Gasteiger partial charge in [-0.15, -0.1) is 0 Å². The molecule has 0 radical (unpaired) electrons. The molecule has 0 fully saturated rings. The average Bonchev–Trinajstić information content (AvgIpc) is 2.50. The Morgan fingerprint density at radius 3 is 2.52 bits per heavy atom. The number of urea groups is 1. The van der Waals surface area contributed by atoms with Crippen molar-refractivity contribution in [2.45, 2.75) is 13.3 Å². The standard InChI is InChI=1S/C15H23N3O3/c1-2-21-11-10-17-15(20)18-12-14(19)16-9-8-13-6-4-3-5-7-13/h3-7H,2,8-12H2,1H3,(H,16,19)(H2,17,18,20). The summed E-state index contributed by atoms with van der Waals surface area (Å²) in [7, 11) is 0. The van der Waals surface area contributed by atoms with Gasteiger partial charge in [-0.2, -0.15) is 0 Å². The van der Waals surface area contributed by atoms with Crippen LogP contribution in [0.15, 0.2) is 30.3 Å². The van der Waals surface area contributed by atoms with Gasteiger partial charge in [0.15, 0.2) is 0 Å². The molecule has 1 rings (SSSR count). The molecule has 0 unspecified atom stereocenters. The maximum Gasteiger partial charge on any atom is 0.315 e. The highest BCUT2D eigenvalue weighted by Gasteiger charge is 2.04. The molecule has 0 aliphatic heterocycles. The van der Waals surface area contributed by atoms with Gasteiger partial charge in [-0.05, 0) is 18.9 Å². The summed E-state index contributed by atoms with van der Waals surface area (Å²) in [5.41, 5.74) is 1.17. The first-order valence-electron chi connectivity index (χ1n) is 7.12. The van der Waals surface area contributed by atoms with Crippen LogP contribution in [0.3, 0.4) is 0 Å². The molecule has 0 aromatic heterocycles. The second kappa shape index (κ2) is 10.7. The maximum atomic E-state index is 11.5. The zero-order chi connectivity index (χ0) is 15.3. The SMILES string of the molecule is CCOCCNC(=O)NCC(=O)NCCc1ccccc1. The molecule has 6 heteroatoms. The number of benzene rings is 1. The molecule has 3 amide bonds. The van der Waals surface area contributed by atoms with Crippen LogP contribution in [0.2, 0.25) is 0 Å². The molecule has 1 aromatic rings. The quantitative estimate of drug-likeness (QED) is 0.586. The number of rotatable bonds is 9.